The summed E-state index contributed by atoms with van der Waals surface area (Å²) in [7, 11) is 0. The van der Waals surface area contributed by atoms with Crippen LogP contribution >= 0.6 is 0 Å². The molecule has 0 unspecified atom stereocenters. The molecule has 1 aliphatic heterocycles. The first-order chi connectivity index (χ1) is 13.3. The van der Waals surface area contributed by atoms with E-state index in [1.165, 1.54) is 12.1 Å². The highest BCUT2D eigenvalue weighted by atomic mass is 19.1. The van der Waals surface area contributed by atoms with Crippen molar-refractivity contribution >= 4 is 28.8 Å². The van der Waals surface area contributed by atoms with Gasteiger partial charge in [0.05, 0.1) is 24.6 Å². The SMILES string of the molecule is Fc1cccc(Nc2nccc(Nc3ccccc3N3CCOCC3)n2)c1. The zero-order chi connectivity index (χ0) is 18.5. The van der Waals surface area contributed by atoms with Crippen LogP contribution in [0.4, 0.5) is 33.2 Å². The lowest BCUT2D eigenvalue weighted by Crippen LogP contribution is -2.36. The van der Waals surface area contributed by atoms with E-state index in [1.54, 1.807) is 24.4 Å². The molecule has 3 aromatic rings. The van der Waals surface area contributed by atoms with E-state index in [2.05, 4.69) is 31.6 Å². The summed E-state index contributed by atoms with van der Waals surface area (Å²) in [6.45, 7) is 3.16. The van der Waals surface area contributed by atoms with Gasteiger partial charge in [-0.15, -0.1) is 0 Å². The van der Waals surface area contributed by atoms with E-state index in [-0.39, 0.29) is 5.82 Å². The fraction of sp³-hybridized carbons (Fsp3) is 0.200. The molecule has 2 aromatic carbocycles. The second-order valence-electron chi connectivity index (χ2n) is 6.14. The number of aromatic nitrogens is 2. The first-order valence-electron chi connectivity index (χ1n) is 8.82. The van der Waals surface area contributed by atoms with E-state index in [0.29, 0.717) is 17.5 Å². The minimum atomic E-state index is -0.311. The van der Waals surface area contributed by atoms with E-state index in [4.69, 9.17) is 4.74 Å². The fourth-order valence-corrected chi connectivity index (χ4v) is 2.98. The topological polar surface area (TPSA) is 62.3 Å². The number of ether oxygens (including phenoxy) is 1. The maximum atomic E-state index is 13.4. The van der Waals surface area contributed by atoms with Gasteiger partial charge in [-0.25, -0.2) is 9.37 Å². The summed E-state index contributed by atoms with van der Waals surface area (Å²) in [5.41, 5.74) is 2.68. The van der Waals surface area contributed by atoms with Crippen LogP contribution in [0.25, 0.3) is 0 Å². The predicted molar refractivity (Wildman–Crippen MR) is 104 cm³/mol. The number of nitrogens with zero attached hydrogens (tertiary/aromatic N) is 3. The average Bonchev–Trinajstić information content (AvgIpc) is 2.69. The molecule has 27 heavy (non-hydrogen) atoms. The third-order valence-corrected chi connectivity index (χ3v) is 4.25. The van der Waals surface area contributed by atoms with Crippen LogP contribution in [0.2, 0.25) is 0 Å². The summed E-state index contributed by atoms with van der Waals surface area (Å²) >= 11 is 0. The van der Waals surface area contributed by atoms with Gasteiger partial charge < -0.3 is 20.3 Å². The lowest BCUT2D eigenvalue weighted by Gasteiger charge is -2.30. The zero-order valence-corrected chi connectivity index (χ0v) is 14.7. The average molecular weight is 365 g/mol. The maximum absolute atomic E-state index is 13.4. The van der Waals surface area contributed by atoms with Crippen molar-refractivity contribution < 1.29 is 9.13 Å². The molecule has 0 radical (unpaired) electrons. The Morgan fingerprint density at radius 3 is 2.67 bits per heavy atom. The van der Waals surface area contributed by atoms with Crippen LogP contribution in [-0.4, -0.2) is 36.3 Å². The fourth-order valence-electron chi connectivity index (χ4n) is 2.98. The molecule has 2 heterocycles. The van der Waals surface area contributed by atoms with Crippen LogP contribution in [-0.2, 0) is 4.74 Å². The summed E-state index contributed by atoms with van der Waals surface area (Å²) in [6, 6.07) is 16.1. The number of anilines is 5. The van der Waals surface area contributed by atoms with Gasteiger partial charge in [-0.3, -0.25) is 0 Å². The van der Waals surface area contributed by atoms with Crippen molar-refractivity contribution in [3.63, 3.8) is 0 Å². The molecular weight excluding hydrogens is 345 g/mol. The molecule has 7 heteroatoms. The molecule has 2 N–H and O–H groups in total. The molecule has 1 aromatic heterocycles. The maximum Gasteiger partial charge on any atom is 0.229 e. The summed E-state index contributed by atoms with van der Waals surface area (Å²) in [4.78, 5) is 11.0. The number of morpholine rings is 1. The van der Waals surface area contributed by atoms with Crippen LogP contribution in [0, 0.1) is 5.82 Å². The number of para-hydroxylation sites is 2. The van der Waals surface area contributed by atoms with Gasteiger partial charge in [0.15, 0.2) is 0 Å². The third-order valence-electron chi connectivity index (χ3n) is 4.25. The Labute approximate surface area is 157 Å². The van der Waals surface area contributed by atoms with Crippen LogP contribution in [0.3, 0.4) is 0 Å². The van der Waals surface area contributed by atoms with E-state index >= 15 is 0 Å². The Morgan fingerprint density at radius 2 is 1.81 bits per heavy atom. The summed E-state index contributed by atoms with van der Waals surface area (Å²) in [5, 5.41) is 6.38. The van der Waals surface area contributed by atoms with Crippen molar-refractivity contribution in [2.24, 2.45) is 0 Å². The van der Waals surface area contributed by atoms with Crippen molar-refractivity contribution in [1.82, 2.24) is 9.97 Å². The van der Waals surface area contributed by atoms with Crippen molar-refractivity contribution in [3.05, 3.63) is 66.6 Å². The van der Waals surface area contributed by atoms with Crippen LogP contribution in [0.1, 0.15) is 0 Å². The molecule has 0 saturated carbocycles. The van der Waals surface area contributed by atoms with Gasteiger partial charge in [-0.1, -0.05) is 18.2 Å². The summed E-state index contributed by atoms with van der Waals surface area (Å²) in [5.74, 6) is 0.743. The number of hydrogen-bond donors (Lipinski definition) is 2. The molecule has 0 amide bonds. The van der Waals surface area contributed by atoms with Crippen molar-refractivity contribution in [2.75, 3.05) is 41.8 Å². The lowest BCUT2D eigenvalue weighted by molar-refractivity contribution is 0.123. The Morgan fingerprint density at radius 1 is 0.963 bits per heavy atom. The highest BCUT2D eigenvalue weighted by Gasteiger charge is 2.14. The quantitative estimate of drug-likeness (QED) is 0.714. The largest absolute Gasteiger partial charge is 0.378 e. The number of nitrogens with one attached hydrogen (secondary N) is 2. The lowest BCUT2D eigenvalue weighted by atomic mass is 10.2. The Kier molecular flexibility index (Phi) is 5.11. The number of benzene rings is 2. The molecule has 1 fully saturated rings. The second kappa shape index (κ2) is 8.01. The molecular formula is C20H20FN5O. The van der Waals surface area contributed by atoms with Crippen LogP contribution in [0.5, 0.6) is 0 Å². The Balaban J connectivity index is 1.53. The molecule has 138 valence electrons. The minimum Gasteiger partial charge on any atom is -0.378 e. The highest BCUT2D eigenvalue weighted by molar-refractivity contribution is 5.74. The molecule has 4 rings (SSSR count). The van der Waals surface area contributed by atoms with Crippen molar-refractivity contribution in [3.8, 4) is 0 Å². The van der Waals surface area contributed by atoms with Gasteiger partial charge >= 0.3 is 0 Å². The third kappa shape index (κ3) is 4.32. The smallest absolute Gasteiger partial charge is 0.229 e. The summed E-state index contributed by atoms with van der Waals surface area (Å²) in [6.07, 6.45) is 1.66. The van der Waals surface area contributed by atoms with Crippen molar-refractivity contribution in [1.29, 1.82) is 0 Å². The van der Waals surface area contributed by atoms with E-state index in [1.807, 2.05) is 18.2 Å². The normalized spacial score (nSPS) is 14.0. The van der Waals surface area contributed by atoms with Gasteiger partial charge in [0.2, 0.25) is 5.95 Å². The number of rotatable bonds is 5. The predicted octanol–water partition coefficient (Wildman–Crippen LogP) is 3.94. The molecule has 6 nitrogen and oxygen atoms in total. The molecule has 1 saturated heterocycles. The van der Waals surface area contributed by atoms with Gasteiger partial charge in [0.1, 0.15) is 11.6 Å². The number of hydrogen-bond acceptors (Lipinski definition) is 6. The Bertz CT molecular complexity index is 914. The first kappa shape index (κ1) is 17.2. The number of halogens is 1. The second-order valence-corrected chi connectivity index (χ2v) is 6.14. The Hall–Kier alpha value is -3.19. The van der Waals surface area contributed by atoms with Gasteiger partial charge in [0.25, 0.3) is 0 Å². The van der Waals surface area contributed by atoms with E-state index in [9.17, 15) is 4.39 Å². The van der Waals surface area contributed by atoms with Gasteiger partial charge in [0, 0.05) is 25.0 Å². The molecule has 0 atom stereocenters. The molecule has 0 aliphatic carbocycles. The molecule has 0 spiro atoms. The van der Waals surface area contributed by atoms with E-state index < -0.39 is 0 Å². The van der Waals surface area contributed by atoms with E-state index in [0.717, 1.165) is 37.7 Å². The molecule has 0 bridgehead atoms. The highest BCUT2D eigenvalue weighted by Crippen LogP contribution is 2.29. The van der Waals surface area contributed by atoms with Crippen molar-refractivity contribution in [2.45, 2.75) is 0 Å². The standard InChI is InChI=1S/C20H20FN5O/c21-15-4-3-5-16(14-15)23-20-22-9-8-19(25-20)24-17-6-1-2-7-18(17)26-10-12-27-13-11-26/h1-9,14H,10-13H2,(H2,22,23,24,25). The summed E-state index contributed by atoms with van der Waals surface area (Å²) < 4.78 is 18.8. The van der Waals surface area contributed by atoms with Crippen LogP contribution < -0.4 is 15.5 Å². The van der Waals surface area contributed by atoms with Gasteiger partial charge in [-0.05, 0) is 36.4 Å². The first-order valence-corrected chi connectivity index (χ1v) is 8.82. The molecule has 1 aliphatic rings. The zero-order valence-electron chi connectivity index (χ0n) is 14.7. The van der Waals surface area contributed by atoms with Crippen LogP contribution in [0.15, 0.2) is 60.8 Å². The van der Waals surface area contributed by atoms with Gasteiger partial charge in [-0.2, -0.15) is 4.98 Å². The minimum absolute atomic E-state index is 0.311. The monoisotopic (exact) mass is 365 g/mol.